The fraction of sp³-hybridized carbons (Fsp3) is 0.615. The smallest absolute Gasteiger partial charge is 0.326 e. The second kappa shape index (κ2) is 7.70. The topological polar surface area (TPSA) is 92.4 Å². The summed E-state index contributed by atoms with van der Waals surface area (Å²) in [5, 5.41) is 14.6. The van der Waals surface area contributed by atoms with E-state index in [0.29, 0.717) is 5.69 Å². The molecule has 6 nitrogen and oxygen atoms in total. The van der Waals surface area contributed by atoms with Crippen LogP contribution in [0.1, 0.15) is 55.3 Å². The summed E-state index contributed by atoms with van der Waals surface area (Å²) in [6.07, 6.45) is -2.17. The highest BCUT2D eigenvalue weighted by Crippen LogP contribution is 2.22. The molecule has 0 aliphatic carbocycles. The normalized spacial score (nSPS) is 12.7. The van der Waals surface area contributed by atoms with E-state index in [2.05, 4.69) is 5.16 Å². The Kier molecular flexibility index (Phi) is 6.26. The number of carboxylic acids is 1. The lowest BCUT2D eigenvalue weighted by Gasteiger charge is -2.12. The SMILES string of the molecule is CCC(CC)c1cc(C(=O)NC(CC(F)F)C(=O)O)on1. The second-order valence-corrected chi connectivity index (χ2v) is 4.62. The summed E-state index contributed by atoms with van der Waals surface area (Å²) in [7, 11) is 0. The number of hydrogen-bond donors (Lipinski definition) is 2. The zero-order chi connectivity index (χ0) is 16.0. The lowest BCUT2D eigenvalue weighted by molar-refractivity contribution is -0.140. The van der Waals surface area contributed by atoms with Crippen LogP contribution in [0.25, 0.3) is 0 Å². The molecule has 1 heterocycles. The molecular weight excluding hydrogens is 286 g/mol. The molecule has 0 aliphatic heterocycles. The zero-order valence-electron chi connectivity index (χ0n) is 11.8. The van der Waals surface area contributed by atoms with Gasteiger partial charge in [-0.2, -0.15) is 0 Å². The van der Waals surface area contributed by atoms with Crippen molar-refractivity contribution in [2.24, 2.45) is 0 Å². The van der Waals surface area contributed by atoms with Gasteiger partial charge in [0.05, 0.1) is 5.69 Å². The molecule has 0 radical (unpaired) electrons. The molecule has 2 N–H and O–H groups in total. The van der Waals surface area contributed by atoms with Crippen LogP contribution in [0, 0.1) is 0 Å². The van der Waals surface area contributed by atoms with Gasteiger partial charge in [-0.25, -0.2) is 13.6 Å². The molecule has 1 amide bonds. The van der Waals surface area contributed by atoms with Crippen molar-refractivity contribution in [2.75, 3.05) is 0 Å². The highest BCUT2D eigenvalue weighted by Gasteiger charge is 2.26. The van der Waals surface area contributed by atoms with Crippen LogP contribution < -0.4 is 5.32 Å². The van der Waals surface area contributed by atoms with Crippen LogP contribution in [0.4, 0.5) is 8.78 Å². The number of amides is 1. The quantitative estimate of drug-likeness (QED) is 0.769. The van der Waals surface area contributed by atoms with Gasteiger partial charge in [-0.05, 0) is 12.8 Å². The molecule has 1 rings (SSSR count). The molecule has 0 aliphatic rings. The molecular formula is C13H18F2N2O4. The molecule has 0 bridgehead atoms. The van der Waals surface area contributed by atoms with Crippen LogP contribution in [0.3, 0.4) is 0 Å². The molecule has 1 unspecified atom stereocenters. The molecule has 8 heteroatoms. The summed E-state index contributed by atoms with van der Waals surface area (Å²) in [5.41, 5.74) is 0.589. The van der Waals surface area contributed by atoms with Gasteiger partial charge in [-0.3, -0.25) is 4.79 Å². The fourth-order valence-electron chi connectivity index (χ4n) is 1.92. The van der Waals surface area contributed by atoms with Gasteiger partial charge in [0.25, 0.3) is 5.91 Å². The van der Waals surface area contributed by atoms with Crippen molar-refractivity contribution in [1.82, 2.24) is 10.5 Å². The zero-order valence-corrected chi connectivity index (χ0v) is 11.8. The number of aliphatic carboxylic acids is 1. The maximum atomic E-state index is 12.2. The molecule has 0 spiro atoms. The second-order valence-electron chi connectivity index (χ2n) is 4.62. The van der Waals surface area contributed by atoms with E-state index in [1.165, 1.54) is 6.07 Å². The minimum atomic E-state index is -2.83. The maximum absolute atomic E-state index is 12.2. The van der Waals surface area contributed by atoms with Gasteiger partial charge in [-0.15, -0.1) is 0 Å². The van der Waals surface area contributed by atoms with Crippen LogP contribution in [-0.2, 0) is 4.79 Å². The van der Waals surface area contributed by atoms with Crippen molar-refractivity contribution >= 4 is 11.9 Å². The van der Waals surface area contributed by atoms with Gasteiger partial charge < -0.3 is 14.9 Å². The molecule has 0 fully saturated rings. The number of alkyl halides is 2. The summed E-state index contributed by atoms with van der Waals surface area (Å²) in [5.74, 6) is -2.44. The van der Waals surface area contributed by atoms with E-state index < -0.39 is 30.8 Å². The lowest BCUT2D eigenvalue weighted by Crippen LogP contribution is -2.41. The molecule has 118 valence electrons. The largest absolute Gasteiger partial charge is 0.480 e. The third kappa shape index (κ3) is 4.80. The van der Waals surface area contributed by atoms with Crippen LogP contribution in [-0.4, -0.2) is 34.6 Å². The van der Waals surface area contributed by atoms with E-state index in [-0.39, 0.29) is 11.7 Å². The third-order valence-electron chi connectivity index (χ3n) is 3.17. The molecule has 21 heavy (non-hydrogen) atoms. The Morgan fingerprint density at radius 2 is 2.00 bits per heavy atom. The first-order valence-electron chi connectivity index (χ1n) is 6.67. The lowest BCUT2D eigenvalue weighted by atomic mass is 9.99. The molecule has 1 atom stereocenters. The Balaban J connectivity index is 2.76. The number of carbonyl (C=O) groups is 2. The maximum Gasteiger partial charge on any atom is 0.326 e. The van der Waals surface area contributed by atoms with Gasteiger partial charge in [0.2, 0.25) is 12.2 Å². The van der Waals surface area contributed by atoms with Crippen LogP contribution >= 0.6 is 0 Å². The van der Waals surface area contributed by atoms with Crippen LogP contribution in [0.5, 0.6) is 0 Å². The predicted molar refractivity (Wildman–Crippen MR) is 69.3 cm³/mol. The number of halogens is 2. The Bertz CT molecular complexity index is 486. The standard InChI is InChI=1S/C13H18F2N2O4/c1-3-7(4-2)8-5-10(21-17-8)12(18)16-9(13(19)20)6-11(14)15/h5,7,9,11H,3-4,6H2,1-2H3,(H,16,18)(H,19,20). The molecule has 0 saturated heterocycles. The monoisotopic (exact) mass is 304 g/mol. The number of nitrogens with zero attached hydrogens (tertiary/aromatic N) is 1. The van der Waals surface area contributed by atoms with E-state index in [1.807, 2.05) is 19.2 Å². The third-order valence-corrected chi connectivity index (χ3v) is 3.17. The minimum absolute atomic E-state index is 0.131. The van der Waals surface area contributed by atoms with E-state index in [4.69, 9.17) is 9.63 Å². The van der Waals surface area contributed by atoms with E-state index >= 15 is 0 Å². The van der Waals surface area contributed by atoms with Crippen LogP contribution in [0.15, 0.2) is 10.6 Å². The summed E-state index contributed by atoms with van der Waals surface area (Å²) in [4.78, 5) is 22.6. The number of carboxylic acid groups (broad SMARTS) is 1. The average molecular weight is 304 g/mol. The summed E-state index contributed by atoms with van der Waals surface area (Å²) in [6.45, 7) is 3.93. The number of rotatable bonds is 8. The highest BCUT2D eigenvalue weighted by atomic mass is 19.3. The van der Waals surface area contributed by atoms with Crippen molar-refractivity contribution in [3.05, 3.63) is 17.5 Å². The van der Waals surface area contributed by atoms with Gasteiger partial charge in [0.15, 0.2) is 0 Å². The Hall–Kier alpha value is -1.99. The van der Waals surface area contributed by atoms with Gasteiger partial charge in [0.1, 0.15) is 6.04 Å². The molecule has 1 aromatic heterocycles. The number of aromatic nitrogens is 1. The minimum Gasteiger partial charge on any atom is -0.480 e. The van der Waals surface area contributed by atoms with Crippen molar-refractivity contribution < 1.29 is 28.0 Å². The van der Waals surface area contributed by atoms with Crippen molar-refractivity contribution in [3.63, 3.8) is 0 Å². The van der Waals surface area contributed by atoms with Gasteiger partial charge in [0, 0.05) is 18.4 Å². The van der Waals surface area contributed by atoms with Crippen molar-refractivity contribution in [2.45, 2.75) is 51.5 Å². The fourth-order valence-corrected chi connectivity index (χ4v) is 1.92. The first-order valence-corrected chi connectivity index (χ1v) is 6.67. The van der Waals surface area contributed by atoms with E-state index in [9.17, 15) is 18.4 Å². The van der Waals surface area contributed by atoms with E-state index in [1.54, 1.807) is 0 Å². The van der Waals surface area contributed by atoms with E-state index in [0.717, 1.165) is 12.8 Å². The summed E-state index contributed by atoms with van der Waals surface area (Å²) in [6, 6.07) is -0.256. The van der Waals surface area contributed by atoms with Gasteiger partial charge >= 0.3 is 5.97 Å². The molecule has 0 aromatic carbocycles. The number of carbonyl (C=O) groups excluding carboxylic acids is 1. The number of hydrogen-bond acceptors (Lipinski definition) is 4. The van der Waals surface area contributed by atoms with Crippen molar-refractivity contribution in [1.29, 1.82) is 0 Å². The highest BCUT2D eigenvalue weighted by molar-refractivity contribution is 5.94. The number of nitrogens with one attached hydrogen (secondary N) is 1. The average Bonchev–Trinajstić information content (AvgIpc) is 2.88. The van der Waals surface area contributed by atoms with Gasteiger partial charge in [-0.1, -0.05) is 19.0 Å². The van der Waals surface area contributed by atoms with Crippen LogP contribution in [0.2, 0.25) is 0 Å². The first kappa shape index (κ1) is 17.1. The first-order chi connectivity index (χ1) is 9.88. The summed E-state index contributed by atoms with van der Waals surface area (Å²) >= 11 is 0. The predicted octanol–water partition coefficient (Wildman–Crippen LogP) is 2.42. The Labute approximate surface area is 120 Å². The van der Waals surface area contributed by atoms with Crippen molar-refractivity contribution in [3.8, 4) is 0 Å². The molecule has 0 saturated carbocycles. The summed E-state index contributed by atoms with van der Waals surface area (Å²) < 4.78 is 29.4. The molecule has 1 aromatic rings. The Morgan fingerprint density at radius 3 is 2.48 bits per heavy atom. The Morgan fingerprint density at radius 1 is 1.38 bits per heavy atom.